The first-order chi connectivity index (χ1) is 10.9. The van der Waals surface area contributed by atoms with Gasteiger partial charge in [-0.2, -0.15) is 13.2 Å². The monoisotopic (exact) mass is 404 g/mol. The number of benzene rings is 1. The molecular weight excluding hydrogens is 379 g/mol. The van der Waals surface area contributed by atoms with E-state index >= 15 is 0 Å². The Kier molecular flexibility index (Phi) is 11.0. The highest BCUT2D eigenvalue weighted by Gasteiger charge is 2.36. The molecule has 1 N–H and O–H groups in total. The lowest BCUT2D eigenvalue weighted by atomic mass is 9.95. The van der Waals surface area contributed by atoms with Crippen LogP contribution in [0.15, 0.2) is 18.2 Å². The fourth-order valence-corrected chi connectivity index (χ4v) is 3.14. The van der Waals surface area contributed by atoms with E-state index in [9.17, 15) is 17.6 Å². The summed E-state index contributed by atoms with van der Waals surface area (Å²) in [5.41, 5.74) is -0.983. The summed E-state index contributed by atoms with van der Waals surface area (Å²) in [5.74, 6) is -1.11. The van der Waals surface area contributed by atoms with Crippen LogP contribution in [0.2, 0.25) is 0 Å². The second-order valence-corrected chi connectivity index (χ2v) is 6.00. The minimum Gasteiger partial charge on any atom is -0.314 e. The molecule has 0 bridgehead atoms. The van der Waals surface area contributed by atoms with Gasteiger partial charge in [0, 0.05) is 37.8 Å². The molecule has 0 amide bonds. The van der Waals surface area contributed by atoms with Crippen LogP contribution in [0.3, 0.4) is 0 Å². The average Bonchev–Trinajstić information content (AvgIpc) is 2.52. The van der Waals surface area contributed by atoms with Gasteiger partial charge in [0.05, 0.1) is 5.56 Å². The van der Waals surface area contributed by atoms with Crippen LogP contribution in [-0.2, 0) is 6.18 Å². The third-order valence-corrected chi connectivity index (χ3v) is 4.37. The fourth-order valence-electron chi connectivity index (χ4n) is 3.14. The molecule has 1 fully saturated rings. The molecule has 0 unspecified atom stereocenters. The van der Waals surface area contributed by atoms with E-state index in [1.807, 2.05) is 0 Å². The van der Waals surface area contributed by atoms with Crippen molar-refractivity contribution in [3.05, 3.63) is 35.1 Å². The molecule has 1 aromatic rings. The summed E-state index contributed by atoms with van der Waals surface area (Å²) < 4.78 is 53.5. The first kappa shape index (κ1) is 24.4. The van der Waals surface area contributed by atoms with E-state index in [1.165, 1.54) is 12.1 Å². The molecular formula is C17H26Cl2F4N2. The summed E-state index contributed by atoms with van der Waals surface area (Å²) in [6.07, 6.45) is -1.05. The Morgan fingerprint density at radius 3 is 2.32 bits per heavy atom. The van der Waals surface area contributed by atoms with Crippen molar-refractivity contribution in [1.29, 1.82) is 0 Å². The minimum atomic E-state index is -4.66. The predicted molar refractivity (Wildman–Crippen MR) is 97.2 cm³/mol. The summed E-state index contributed by atoms with van der Waals surface area (Å²) in [6, 6.07) is 3.35. The maximum Gasteiger partial charge on any atom is 0.419 e. The van der Waals surface area contributed by atoms with Gasteiger partial charge in [-0.25, -0.2) is 4.39 Å². The van der Waals surface area contributed by atoms with Gasteiger partial charge in [-0.05, 0) is 12.5 Å². The van der Waals surface area contributed by atoms with E-state index in [1.54, 1.807) is 0 Å². The van der Waals surface area contributed by atoms with Crippen LogP contribution < -0.4 is 5.32 Å². The standard InChI is InChI=1S/C17H24F4N2.2ClH/c1-2-3-4-8-15(23-11-9-22-10-12-23)13-6-5-7-14(16(13)18)17(19,20)21;;/h5-7,15,22H,2-4,8-12H2,1H3;2*1H/t15-;;/m0../s1. The molecule has 0 saturated carbocycles. The number of nitrogens with zero attached hydrogens (tertiary/aromatic N) is 1. The number of hydrogen-bond acceptors (Lipinski definition) is 2. The lowest BCUT2D eigenvalue weighted by Crippen LogP contribution is -2.45. The quantitative estimate of drug-likeness (QED) is 0.516. The van der Waals surface area contributed by atoms with Crippen molar-refractivity contribution in [2.75, 3.05) is 26.2 Å². The van der Waals surface area contributed by atoms with Gasteiger partial charge >= 0.3 is 6.18 Å². The molecule has 0 aliphatic carbocycles. The molecule has 0 aromatic heterocycles. The van der Waals surface area contributed by atoms with Gasteiger partial charge in [0.1, 0.15) is 5.82 Å². The molecule has 1 aromatic carbocycles. The summed E-state index contributed by atoms with van der Waals surface area (Å²) in [7, 11) is 0. The number of hydrogen-bond donors (Lipinski definition) is 1. The third kappa shape index (κ3) is 6.59. The average molecular weight is 405 g/mol. The van der Waals surface area contributed by atoms with Gasteiger partial charge in [-0.15, -0.1) is 24.8 Å². The van der Waals surface area contributed by atoms with Crippen LogP contribution in [0.1, 0.15) is 49.8 Å². The van der Waals surface area contributed by atoms with Crippen molar-refractivity contribution in [3.8, 4) is 0 Å². The maximum atomic E-state index is 14.5. The van der Waals surface area contributed by atoms with E-state index in [4.69, 9.17) is 0 Å². The number of alkyl halides is 3. The summed E-state index contributed by atoms with van der Waals surface area (Å²) >= 11 is 0. The highest BCUT2D eigenvalue weighted by atomic mass is 35.5. The maximum absolute atomic E-state index is 14.5. The molecule has 1 aliphatic heterocycles. The number of unbranched alkanes of at least 4 members (excludes halogenated alkanes) is 2. The third-order valence-electron chi connectivity index (χ3n) is 4.37. The molecule has 8 heteroatoms. The Morgan fingerprint density at radius 1 is 1.12 bits per heavy atom. The van der Waals surface area contributed by atoms with Crippen molar-refractivity contribution in [2.24, 2.45) is 0 Å². The number of rotatable bonds is 6. The summed E-state index contributed by atoms with van der Waals surface area (Å²) in [4.78, 5) is 2.10. The Balaban J connectivity index is 0.00000288. The van der Waals surface area contributed by atoms with E-state index in [-0.39, 0.29) is 36.4 Å². The molecule has 0 spiro atoms. The van der Waals surface area contributed by atoms with Gasteiger partial charge in [0.2, 0.25) is 0 Å². The van der Waals surface area contributed by atoms with Gasteiger partial charge in [-0.1, -0.05) is 38.3 Å². The number of nitrogens with one attached hydrogen (secondary N) is 1. The number of halogens is 6. The van der Waals surface area contributed by atoms with E-state index in [0.29, 0.717) is 6.42 Å². The van der Waals surface area contributed by atoms with Crippen LogP contribution in [0.25, 0.3) is 0 Å². The molecule has 25 heavy (non-hydrogen) atoms. The lowest BCUT2D eigenvalue weighted by molar-refractivity contribution is -0.140. The fraction of sp³-hybridized carbons (Fsp3) is 0.647. The van der Waals surface area contributed by atoms with Crippen molar-refractivity contribution in [1.82, 2.24) is 10.2 Å². The van der Waals surface area contributed by atoms with Crippen LogP contribution in [0.5, 0.6) is 0 Å². The van der Waals surface area contributed by atoms with E-state index in [0.717, 1.165) is 51.5 Å². The summed E-state index contributed by atoms with van der Waals surface area (Å²) in [5, 5.41) is 3.22. The van der Waals surface area contributed by atoms with Crippen LogP contribution in [0, 0.1) is 5.82 Å². The zero-order valence-corrected chi connectivity index (χ0v) is 15.9. The molecule has 146 valence electrons. The molecule has 1 heterocycles. The van der Waals surface area contributed by atoms with Gasteiger partial charge in [-0.3, -0.25) is 4.90 Å². The smallest absolute Gasteiger partial charge is 0.314 e. The van der Waals surface area contributed by atoms with Crippen molar-refractivity contribution < 1.29 is 17.6 Å². The van der Waals surface area contributed by atoms with Crippen molar-refractivity contribution >= 4 is 24.8 Å². The van der Waals surface area contributed by atoms with Crippen molar-refractivity contribution in [3.63, 3.8) is 0 Å². The second-order valence-electron chi connectivity index (χ2n) is 6.00. The largest absolute Gasteiger partial charge is 0.419 e. The zero-order valence-electron chi connectivity index (χ0n) is 14.2. The highest BCUT2D eigenvalue weighted by Crippen LogP contribution is 2.36. The SMILES string of the molecule is CCCCC[C@@H](c1cccc(C(F)(F)F)c1F)N1CCNCC1.Cl.Cl. The van der Waals surface area contributed by atoms with Gasteiger partial charge in [0.15, 0.2) is 0 Å². The Morgan fingerprint density at radius 2 is 1.76 bits per heavy atom. The lowest BCUT2D eigenvalue weighted by Gasteiger charge is -2.35. The Labute approximate surface area is 159 Å². The van der Waals surface area contributed by atoms with Crippen LogP contribution >= 0.6 is 24.8 Å². The normalized spacial score (nSPS) is 16.7. The number of piperazine rings is 1. The zero-order chi connectivity index (χ0) is 16.9. The van der Waals surface area contributed by atoms with Crippen molar-refractivity contribution in [2.45, 2.75) is 44.8 Å². The second kappa shape index (κ2) is 11.2. The van der Waals surface area contributed by atoms with E-state index < -0.39 is 17.6 Å². The topological polar surface area (TPSA) is 15.3 Å². The molecule has 1 saturated heterocycles. The molecule has 2 rings (SSSR count). The molecule has 1 aliphatic rings. The predicted octanol–water partition coefficient (Wildman–Crippen LogP) is 5.21. The summed E-state index contributed by atoms with van der Waals surface area (Å²) in [6.45, 7) is 5.10. The Hall–Kier alpha value is -0.560. The highest BCUT2D eigenvalue weighted by molar-refractivity contribution is 5.85. The van der Waals surface area contributed by atoms with Gasteiger partial charge < -0.3 is 5.32 Å². The van der Waals surface area contributed by atoms with Crippen LogP contribution in [-0.4, -0.2) is 31.1 Å². The molecule has 1 atom stereocenters. The molecule has 0 radical (unpaired) electrons. The minimum absolute atomic E-state index is 0. The van der Waals surface area contributed by atoms with Gasteiger partial charge in [0.25, 0.3) is 0 Å². The molecule has 2 nitrogen and oxygen atoms in total. The van der Waals surface area contributed by atoms with E-state index in [2.05, 4.69) is 17.1 Å². The van der Waals surface area contributed by atoms with Crippen LogP contribution in [0.4, 0.5) is 17.6 Å². The first-order valence-electron chi connectivity index (χ1n) is 8.25. The first-order valence-corrected chi connectivity index (χ1v) is 8.25. The Bertz CT molecular complexity index is 506.